The summed E-state index contributed by atoms with van der Waals surface area (Å²) < 4.78 is 79.5. The predicted molar refractivity (Wildman–Crippen MR) is 101 cm³/mol. The molecule has 3 rings (SSSR count). The van der Waals surface area contributed by atoms with E-state index in [1.807, 2.05) is 10.4 Å². The summed E-state index contributed by atoms with van der Waals surface area (Å²) in [5.74, 6) is -3.01. The van der Waals surface area contributed by atoms with Crippen LogP contribution in [0.4, 0.5) is 26.3 Å². The van der Waals surface area contributed by atoms with Gasteiger partial charge in [0.2, 0.25) is 5.91 Å². The van der Waals surface area contributed by atoms with E-state index in [1.165, 1.54) is 6.07 Å². The first kappa shape index (κ1) is 23.6. The standard InChI is InChI=1S/C18H13F6N5O4/c1-8(30)27-29-13-5-12(10(17(19,20)21)4-11(13)26-14(31)15(29)32)28-3-2-9(7-28)6-25-16(33)18(22,23)24/h2-5,7H,6H2,1H3,(H,25,33)(H,26,31)(H,27,30). The molecule has 0 aliphatic heterocycles. The molecule has 15 heteroatoms. The van der Waals surface area contributed by atoms with Crippen molar-refractivity contribution >= 4 is 22.8 Å². The van der Waals surface area contributed by atoms with Gasteiger partial charge >= 0.3 is 29.4 Å². The van der Waals surface area contributed by atoms with Crippen molar-refractivity contribution in [1.29, 1.82) is 0 Å². The number of rotatable bonds is 4. The average Bonchev–Trinajstić information content (AvgIpc) is 3.16. The molecule has 0 radical (unpaired) electrons. The van der Waals surface area contributed by atoms with E-state index in [9.17, 15) is 45.5 Å². The minimum absolute atomic E-state index is 0.0431. The minimum atomic E-state index is -5.13. The Bertz CT molecular complexity index is 1370. The number of nitrogens with zero attached hydrogens (tertiary/aromatic N) is 2. The van der Waals surface area contributed by atoms with Crippen molar-refractivity contribution in [3.05, 3.63) is 62.4 Å². The average molecular weight is 477 g/mol. The summed E-state index contributed by atoms with van der Waals surface area (Å²) in [4.78, 5) is 48.3. The van der Waals surface area contributed by atoms with Gasteiger partial charge in [0.15, 0.2) is 0 Å². The Morgan fingerprint density at radius 2 is 1.76 bits per heavy atom. The number of aromatic amines is 1. The van der Waals surface area contributed by atoms with Gasteiger partial charge in [0.25, 0.3) is 0 Å². The molecule has 176 valence electrons. The van der Waals surface area contributed by atoms with Crippen LogP contribution >= 0.6 is 0 Å². The lowest BCUT2D eigenvalue weighted by Gasteiger charge is -2.17. The Labute approximate surface area is 178 Å². The summed E-state index contributed by atoms with van der Waals surface area (Å²) in [5.41, 5.74) is -2.94. The molecule has 0 unspecified atom stereocenters. The Hall–Kier alpha value is -4.04. The van der Waals surface area contributed by atoms with Gasteiger partial charge in [0.05, 0.1) is 22.3 Å². The second-order valence-electron chi connectivity index (χ2n) is 6.75. The highest BCUT2D eigenvalue weighted by atomic mass is 19.4. The number of carbonyl (C=O) groups is 2. The van der Waals surface area contributed by atoms with E-state index in [4.69, 9.17) is 0 Å². The quantitative estimate of drug-likeness (QED) is 0.392. The number of aromatic nitrogens is 3. The van der Waals surface area contributed by atoms with Gasteiger partial charge in [-0.1, -0.05) is 0 Å². The molecular formula is C18H13F6N5O4. The number of amides is 2. The Kier molecular flexibility index (Phi) is 5.83. The normalized spacial score (nSPS) is 12.1. The van der Waals surface area contributed by atoms with Crippen LogP contribution in [0.25, 0.3) is 16.7 Å². The number of hydrogen-bond donors (Lipinski definition) is 3. The van der Waals surface area contributed by atoms with Crippen molar-refractivity contribution in [2.45, 2.75) is 25.8 Å². The number of nitrogens with one attached hydrogen (secondary N) is 3. The lowest BCUT2D eigenvalue weighted by Crippen LogP contribution is -2.42. The Morgan fingerprint density at radius 3 is 2.33 bits per heavy atom. The van der Waals surface area contributed by atoms with Gasteiger partial charge in [-0.25, -0.2) is 4.68 Å². The van der Waals surface area contributed by atoms with Gasteiger partial charge in [-0.05, 0) is 23.8 Å². The van der Waals surface area contributed by atoms with Gasteiger partial charge in [-0.3, -0.25) is 24.6 Å². The molecule has 9 nitrogen and oxygen atoms in total. The van der Waals surface area contributed by atoms with Gasteiger partial charge in [0.1, 0.15) is 0 Å². The molecule has 33 heavy (non-hydrogen) atoms. The third-order valence-corrected chi connectivity index (χ3v) is 4.32. The summed E-state index contributed by atoms with van der Waals surface area (Å²) in [6.07, 6.45) is -7.93. The van der Waals surface area contributed by atoms with Crippen molar-refractivity contribution in [2.24, 2.45) is 0 Å². The lowest BCUT2D eigenvalue weighted by atomic mass is 10.1. The molecule has 0 fully saturated rings. The van der Waals surface area contributed by atoms with E-state index in [0.717, 1.165) is 30.0 Å². The molecule has 0 aliphatic carbocycles. The molecule has 1 aromatic carbocycles. The molecule has 0 spiro atoms. The third kappa shape index (κ3) is 4.91. The summed E-state index contributed by atoms with van der Waals surface area (Å²) in [6.45, 7) is 0.391. The van der Waals surface area contributed by atoms with Crippen LogP contribution in [0.1, 0.15) is 18.1 Å². The van der Waals surface area contributed by atoms with Crippen molar-refractivity contribution in [3.63, 3.8) is 0 Å². The van der Waals surface area contributed by atoms with Gasteiger partial charge in [-0.15, -0.1) is 0 Å². The third-order valence-electron chi connectivity index (χ3n) is 4.32. The highest BCUT2D eigenvalue weighted by Gasteiger charge is 2.38. The number of H-pyrrole nitrogens is 1. The number of carbonyl (C=O) groups excluding carboxylic acids is 2. The first-order chi connectivity index (χ1) is 15.2. The summed E-state index contributed by atoms with van der Waals surface area (Å²) >= 11 is 0. The molecule has 0 aliphatic rings. The number of fused-ring (bicyclic) bond motifs is 1. The molecule has 3 aromatic rings. The van der Waals surface area contributed by atoms with Gasteiger partial charge in [-0.2, -0.15) is 26.3 Å². The lowest BCUT2D eigenvalue weighted by molar-refractivity contribution is -0.173. The predicted octanol–water partition coefficient (Wildman–Crippen LogP) is 1.77. The minimum Gasteiger partial charge on any atom is -0.344 e. The number of halogens is 6. The highest BCUT2D eigenvalue weighted by molar-refractivity contribution is 5.85. The van der Waals surface area contributed by atoms with Crippen LogP contribution in [0.5, 0.6) is 0 Å². The molecule has 0 atom stereocenters. The number of alkyl halides is 6. The smallest absolute Gasteiger partial charge is 0.344 e. The van der Waals surface area contributed by atoms with Crippen LogP contribution in [0.3, 0.4) is 0 Å². The molecule has 2 aromatic heterocycles. The van der Waals surface area contributed by atoms with Crippen LogP contribution in [0.15, 0.2) is 40.2 Å². The molecule has 3 N–H and O–H groups in total. The fourth-order valence-electron chi connectivity index (χ4n) is 2.94. The molecule has 2 amide bonds. The largest absolute Gasteiger partial charge is 0.471 e. The van der Waals surface area contributed by atoms with Gasteiger partial charge < -0.3 is 14.9 Å². The van der Waals surface area contributed by atoms with E-state index >= 15 is 0 Å². The van der Waals surface area contributed by atoms with Crippen LogP contribution in [-0.2, 0) is 22.3 Å². The van der Waals surface area contributed by atoms with Crippen molar-refractivity contribution in [3.8, 4) is 5.69 Å². The number of hydrogen-bond acceptors (Lipinski definition) is 4. The van der Waals surface area contributed by atoms with Crippen LogP contribution < -0.4 is 21.9 Å². The molecule has 0 saturated heterocycles. The summed E-state index contributed by atoms with van der Waals surface area (Å²) in [5, 5.41) is 1.59. The van der Waals surface area contributed by atoms with Crippen molar-refractivity contribution in [2.75, 3.05) is 5.43 Å². The number of benzene rings is 1. The zero-order valence-electron chi connectivity index (χ0n) is 16.4. The zero-order chi connectivity index (χ0) is 24.7. The monoisotopic (exact) mass is 477 g/mol. The zero-order valence-corrected chi connectivity index (χ0v) is 16.4. The second kappa shape index (κ2) is 8.14. The van der Waals surface area contributed by atoms with Gasteiger partial charge in [0, 0.05) is 25.9 Å². The summed E-state index contributed by atoms with van der Waals surface area (Å²) in [6, 6.07) is 2.59. The first-order valence-electron chi connectivity index (χ1n) is 8.88. The molecule has 2 heterocycles. The van der Waals surface area contributed by atoms with E-state index in [-0.39, 0.29) is 11.1 Å². The molecule has 0 saturated carbocycles. The van der Waals surface area contributed by atoms with E-state index in [1.54, 1.807) is 5.32 Å². The van der Waals surface area contributed by atoms with Crippen LogP contribution in [0, 0.1) is 0 Å². The molecular weight excluding hydrogens is 464 g/mol. The van der Waals surface area contributed by atoms with E-state index < -0.39 is 58.6 Å². The fraction of sp³-hybridized carbons (Fsp3) is 0.222. The van der Waals surface area contributed by atoms with Crippen LogP contribution in [0.2, 0.25) is 0 Å². The Balaban J connectivity index is 2.16. The highest BCUT2D eigenvalue weighted by Crippen LogP contribution is 2.36. The maximum atomic E-state index is 13.7. The van der Waals surface area contributed by atoms with E-state index in [2.05, 4.69) is 0 Å². The first-order valence-corrected chi connectivity index (χ1v) is 8.88. The van der Waals surface area contributed by atoms with Crippen molar-refractivity contribution in [1.82, 2.24) is 19.5 Å². The Morgan fingerprint density at radius 1 is 1.09 bits per heavy atom. The summed E-state index contributed by atoms with van der Waals surface area (Å²) in [7, 11) is 0. The maximum Gasteiger partial charge on any atom is 0.471 e. The van der Waals surface area contributed by atoms with Crippen molar-refractivity contribution < 1.29 is 35.9 Å². The fourth-order valence-corrected chi connectivity index (χ4v) is 2.94. The second-order valence-corrected chi connectivity index (χ2v) is 6.75. The van der Waals surface area contributed by atoms with E-state index in [0.29, 0.717) is 10.7 Å². The topological polar surface area (TPSA) is 118 Å². The molecule has 0 bridgehead atoms. The van der Waals surface area contributed by atoms with Crippen LogP contribution in [-0.4, -0.2) is 32.2 Å². The SMILES string of the molecule is CC(=O)Nn1c(=O)c(=O)[nH]c2cc(C(F)(F)F)c(-n3ccc(CNC(=O)C(F)(F)F)c3)cc21. The maximum absolute atomic E-state index is 13.7.